The molecule has 3 aromatic heterocycles. The molecule has 4 rings (SSSR count). The largest absolute Gasteiger partial charge is 0.462 e. The van der Waals surface area contributed by atoms with Gasteiger partial charge < -0.3 is 42.2 Å². The number of carbonyl (C=O) groups is 5. The van der Waals surface area contributed by atoms with Crippen LogP contribution in [0, 0.1) is 29.6 Å². The number of aliphatic hydroxyl groups is 1. The standard InChI is InChI=1S/C47H64N4O13/c1-27(17-18-39(56)31(5)45(63-33(7)53)28(2)19-20-51(8)26-52)41(59-10)22-42-32(6)40(58-9)15-12-16-43-48-36(24-60-43)46-50-37(25-62-46)47-49-35(23-61-47)29(3)30(4)38(55)14-11-13-34(54)21-44(57)64-42/h11-12,14,16,19-20,23-32,34,40-42,45,54H,13,15,17-18,21-22H2,1-10H3/b14-11+,16-12+,20-19+. The van der Waals surface area contributed by atoms with Crippen LogP contribution in [0.3, 0.4) is 0 Å². The van der Waals surface area contributed by atoms with Crippen molar-refractivity contribution in [1.29, 1.82) is 0 Å². The SMILES string of the molecule is COC(CC1OC(=O)CC(O)C/C=C/C(=O)C(C)C(C)c2coc(n2)-c2coc(n2)-c2coc(n2)/C=C/CC(OC)C1C)C(C)CCC(=O)C(C)C(OC(C)=O)C(C)/C=C/N(C)C=O. The van der Waals surface area contributed by atoms with Gasteiger partial charge in [-0.2, -0.15) is 0 Å². The van der Waals surface area contributed by atoms with Crippen LogP contribution in [-0.4, -0.2) is 107 Å². The van der Waals surface area contributed by atoms with Gasteiger partial charge in [0.25, 0.3) is 0 Å². The summed E-state index contributed by atoms with van der Waals surface area (Å²) in [5.41, 5.74) is 1.24. The quantitative estimate of drug-likeness (QED) is 0.118. The molecule has 1 N–H and O–H groups in total. The summed E-state index contributed by atoms with van der Waals surface area (Å²) < 4.78 is 40.6. The summed E-state index contributed by atoms with van der Waals surface area (Å²) in [7, 11) is 4.70. The van der Waals surface area contributed by atoms with Crippen LogP contribution in [0.25, 0.3) is 29.2 Å². The maximum atomic E-state index is 13.6. The van der Waals surface area contributed by atoms with Crippen LogP contribution in [0.1, 0.15) is 104 Å². The Balaban J connectivity index is 1.54. The number of hydrogen-bond donors (Lipinski definition) is 1. The third-order valence-corrected chi connectivity index (χ3v) is 12.0. The molecule has 64 heavy (non-hydrogen) atoms. The highest BCUT2D eigenvalue weighted by Crippen LogP contribution is 2.31. The number of carbonyl (C=O) groups excluding carboxylic acids is 5. The number of hydrogen-bond acceptors (Lipinski definition) is 16. The van der Waals surface area contributed by atoms with Gasteiger partial charge in [-0.25, -0.2) is 15.0 Å². The average Bonchev–Trinajstić information content (AvgIpc) is 4.07. The van der Waals surface area contributed by atoms with E-state index < -0.39 is 60.2 Å². The lowest BCUT2D eigenvalue weighted by Gasteiger charge is -2.34. The molecule has 0 fully saturated rings. The smallest absolute Gasteiger partial charge is 0.308 e. The molecule has 0 saturated heterocycles. The molecule has 0 aromatic carbocycles. The average molecular weight is 893 g/mol. The van der Waals surface area contributed by atoms with Gasteiger partial charge in [0.05, 0.1) is 36.3 Å². The first-order valence-corrected chi connectivity index (χ1v) is 21.7. The fourth-order valence-corrected chi connectivity index (χ4v) is 7.52. The van der Waals surface area contributed by atoms with Crippen LogP contribution >= 0.6 is 0 Å². The van der Waals surface area contributed by atoms with Gasteiger partial charge in [0.2, 0.25) is 24.1 Å². The Morgan fingerprint density at radius 3 is 2.30 bits per heavy atom. The second kappa shape index (κ2) is 24.5. The Hall–Kier alpha value is -5.52. The molecule has 1 amide bonds. The maximum absolute atomic E-state index is 13.6. The lowest BCUT2D eigenvalue weighted by atomic mass is 9.84. The molecule has 1 aliphatic rings. The van der Waals surface area contributed by atoms with E-state index >= 15 is 0 Å². The predicted molar refractivity (Wildman–Crippen MR) is 234 cm³/mol. The van der Waals surface area contributed by atoms with Gasteiger partial charge >= 0.3 is 11.9 Å². The van der Waals surface area contributed by atoms with E-state index in [9.17, 15) is 29.1 Å². The minimum absolute atomic E-state index is 0.0337. The van der Waals surface area contributed by atoms with Crippen molar-refractivity contribution < 1.29 is 61.3 Å². The molecule has 17 heteroatoms. The summed E-state index contributed by atoms with van der Waals surface area (Å²) in [6.07, 6.45) is 12.0. The molecule has 11 unspecified atom stereocenters. The number of fused-ring (bicyclic) bond motifs is 8. The second-order valence-corrected chi connectivity index (χ2v) is 16.8. The van der Waals surface area contributed by atoms with Crippen molar-refractivity contribution in [2.45, 2.75) is 123 Å². The van der Waals surface area contributed by atoms with Crippen molar-refractivity contribution in [1.82, 2.24) is 19.9 Å². The number of rotatable bonds is 15. The summed E-state index contributed by atoms with van der Waals surface area (Å²) in [6.45, 7) is 12.3. The number of oxazole rings is 3. The van der Waals surface area contributed by atoms with Gasteiger partial charge in [-0.3, -0.25) is 24.0 Å². The number of aromatic nitrogens is 3. The third-order valence-electron chi connectivity index (χ3n) is 12.0. The molecule has 0 spiro atoms. The maximum Gasteiger partial charge on any atom is 0.308 e. The molecular formula is C47H64N4O13. The zero-order valence-corrected chi connectivity index (χ0v) is 38.5. The molecule has 1 aliphatic heterocycles. The summed E-state index contributed by atoms with van der Waals surface area (Å²) in [4.78, 5) is 78.2. The first kappa shape index (κ1) is 51.1. The number of methoxy groups -OCH3 is 2. The molecule has 0 radical (unpaired) electrons. The molecule has 11 atom stereocenters. The molecule has 6 bridgehead atoms. The van der Waals surface area contributed by atoms with Gasteiger partial charge in [-0.05, 0) is 37.3 Å². The first-order valence-electron chi connectivity index (χ1n) is 21.7. The number of allylic oxidation sites excluding steroid dienone is 1. The Morgan fingerprint density at radius 2 is 1.61 bits per heavy atom. The van der Waals surface area contributed by atoms with Crippen molar-refractivity contribution >= 4 is 36.0 Å². The molecule has 4 heterocycles. The number of ketones is 2. The topological polar surface area (TPSA) is 224 Å². The van der Waals surface area contributed by atoms with E-state index in [0.717, 1.165) is 0 Å². The number of esters is 2. The molecule has 0 saturated carbocycles. The second-order valence-electron chi connectivity index (χ2n) is 16.8. The van der Waals surface area contributed by atoms with Gasteiger partial charge in [0.1, 0.15) is 36.8 Å². The Bertz CT molecular complexity index is 2080. The van der Waals surface area contributed by atoms with E-state index in [4.69, 9.17) is 32.2 Å². The van der Waals surface area contributed by atoms with Gasteiger partial charge in [-0.15, -0.1) is 0 Å². The molecular weight excluding hydrogens is 829 g/mol. The van der Waals surface area contributed by atoms with Crippen LogP contribution in [0.2, 0.25) is 0 Å². The molecule has 3 aromatic rings. The van der Waals surface area contributed by atoms with Crippen LogP contribution in [0.15, 0.2) is 62.5 Å². The number of aliphatic hydroxyl groups excluding tert-OH is 1. The summed E-state index contributed by atoms with van der Waals surface area (Å²) >= 11 is 0. The van der Waals surface area contributed by atoms with E-state index in [1.807, 2.05) is 33.8 Å². The van der Waals surface area contributed by atoms with Crippen LogP contribution in [0.4, 0.5) is 0 Å². The van der Waals surface area contributed by atoms with Crippen molar-refractivity contribution in [2.24, 2.45) is 29.6 Å². The van der Waals surface area contributed by atoms with Crippen molar-refractivity contribution in [3.8, 4) is 23.2 Å². The van der Waals surface area contributed by atoms with Crippen LogP contribution < -0.4 is 0 Å². The van der Waals surface area contributed by atoms with Crippen LogP contribution in [-0.2, 0) is 42.9 Å². The number of ether oxygens (including phenoxy) is 4. The van der Waals surface area contributed by atoms with Gasteiger partial charge in [0.15, 0.2) is 17.2 Å². The lowest BCUT2D eigenvalue weighted by molar-refractivity contribution is -0.159. The van der Waals surface area contributed by atoms with Crippen molar-refractivity contribution in [3.05, 3.63) is 60.9 Å². The van der Waals surface area contributed by atoms with E-state index in [0.29, 0.717) is 36.3 Å². The fourth-order valence-electron chi connectivity index (χ4n) is 7.52. The van der Waals surface area contributed by atoms with E-state index in [-0.39, 0.29) is 72.7 Å². The number of Topliss-reactive ketones (excluding diaryl/α,β-unsaturated/α-hetero) is 1. The van der Waals surface area contributed by atoms with E-state index in [1.165, 1.54) is 36.7 Å². The van der Waals surface area contributed by atoms with Gasteiger partial charge in [0, 0.05) is 70.9 Å². The number of amides is 1. The molecule has 17 nitrogen and oxygen atoms in total. The monoisotopic (exact) mass is 892 g/mol. The summed E-state index contributed by atoms with van der Waals surface area (Å²) in [5.74, 6) is -3.15. The summed E-state index contributed by atoms with van der Waals surface area (Å²) in [5, 5.41) is 10.9. The first-order chi connectivity index (χ1) is 30.4. The Morgan fingerprint density at radius 1 is 0.938 bits per heavy atom. The Labute approximate surface area is 374 Å². The minimum Gasteiger partial charge on any atom is -0.462 e. The molecule has 0 aliphatic carbocycles. The van der Waals surface area contributed by atoms with Gasteiger partial charge in [-0.1, -0.05) is 59.8 Å². The Kier molecular flexibility index (Phi) is 19.6. The normalized spacial score (nSPS) is 24.9. The fraction of sp³-hybridized carbons (Fsp3) is 0.574. The van der Waals surface area contributed by atoms with E-state index in [2.05, 4.69) is 15.0 Å². The van der Waals surface area contributed by atoms with Crippen molar-refractivity contribution in [2.75, 3.05) is 21.3 Å². The lowest BCUT2D eigenvalue weighted by Crippen LogP contribution is -2.39. The number of cyclic esters (lactones) is 1. The third kappa shape index (κ3) is 14.5. The highest BCUT2D eigenvalue weighted by molar-refractivity contribution is 5.92. The van der Waals surface area contributed by atoms with E-state index in [1.54, 1.807) is 59.5 Å². The molecule has 350 valence electrons. The minimum atomic E-state index is -1.13. The van der Waals surface area contributed by atoms with Crippen molar-refractivity contribution in [3.63, 3.8) is 0 Å². The zero-order valence-electron chi connectivity index (χ0n) is 38.5. The number of nitrogens with zero attached hydrogens (tertiary/aromatic N) is 4. The highest BCUT2D eigenvalue weighted by atomic mass is 16.6. The predicted octanol–water partition coefficient (Wildman–Crippen LogP) is 7.17. The van der Waals surface area contributed by atoms with Crippen LogP contribution in [0.5, 0.6) is 0 Å². The summed E-state index contributed by atoms with van der Waals surface area (Å²) in [6, 6.07) is 0. The zero-order chi connectivity index (χ0) is 47.1. The highest BCUT2D eigenvalue weighted by Gasteiger charge is 2.35.